The molecule has 5 heteroatoms. The van der Waals surface area contributed by atoms with Crippen LogP contribution in [0.5, 0.6) is 17.2 Å². The molecule has 2 aromatic carbocycles. The summed E-state index contributed by atoms with van der Waals surface area (Å²) in [6.45, 7) is 0.456. The Balaban J connectivity index is 1.74. The number of hydrogen-bond acceptors (Lipinski definition) is 5. The lowest BCUT2D eigenvalue weighted by atomic mass is 10.1. The minimum Gasteiger partial charge on any atom is -0.488 e. The van der Waals surface area contributed by atoms with Crippen molar-refractivity contribution in [2.75, 3.05) is 6.79 Å². The van der Waals surface area contributed by atoms with Gasteiger partial charge in [-0.15, -0.1) is 0 Å². The summed E-state index contributed by atoms with van der Waals surface area (Å²) >= 11 is 0. The lowest BCUT2D eigenvalue weighted by Crippen LogP contribution is -1.99. The van der Waals surface area contributed by atoms with Crippen molar-refractivity contribution in [3.05, 3.63) is 53.1 Å². The minimum atomic E-state index is -0.130. The Kier molecular flexibility index (Phi) is 3.94. The molecule has 110 valence electrons. The predicted molar refractivity (Wildman–Crippen MR) is 75.2 cm³/mol. The van der Waals surface area contributed by atoms with Crippen molar-refractivity contribution >= 4 is 0 Å². The first-order valence-corrected chi connectivity index (χ1v) is 6.65. The van der Waals surface area contributed by atoms with Gasteiger partial charge in [-0.3, -0.25) is 0 Å². The molecular formula is C16H16O5. The van der Waals surface area contributed by atoms with Crippen LogP contribution < -0.4 is 14.2 Å². The van der Waals surface area contributed by atoms with Crippen LogP contribution in [-0.2, 0) is 19.8 Å². The fourth-order valence-corrected chi connectivity index (χ4v) is 2.13. The van der Waals surface area contributed by atoms with Gasteiger partial charge in [0.25, 0.3) is 0 Å². The Morgan fingerprint density at radius 3 is 2.24 bits per heavy atom. The van der Waals surface area contributed by atoms with E-state index in [0.717, 1.165) is 11.1 Å². The van der Waals surface area contributed by atoms with Crippen molar-refractivity contribution in [2.24, 2.45) is 0 Å². The number of rotatable bonds is 5. The summed E-state index contributed by atoms with van der Waals surface area (Å²) in [7, 11) is 0. The quantitative estimate of drug-likeness (QED) is 0.880. The third kappa shape index (κ3) is 2.94. The monoisotopic (exact) mass is 288 g/mol. The summed E-state index contributed by atoms with van der Waals surface area (Å²) in [5.74, 6) is 1.82. The van der Waals surface area contributed by atoms with Gasteiger partial charge in [-0.05, 0) is 17.2 Å². The SMILES string of the molecule is OCc1ccc(COc2cc3c(cc2CO)OCO3)cc1. The second kappa shape index (κ2) is 6.03. The first kappa shape index (κ1) is 13.7. The van der Waals surface area contributed by atoms with Crippen molar-refractivity contribution in [2.45, 2.75) is 19.8 Å². The molecule has 0 unspecified atom stereocenters. The fraction of sp³-hybridized carbons (Fsp3) is 0.250. The zero-order chi connectivity index (χ0) is 14.7. The maximum absolute atomic E-state index is 9.41. The number of aliphatic hydroxyl groups is 2. The van der Waals surface area contributed by atoms with Crippen LogP contribution >= 0.6 is 0 Å². The average Bonchev–Trinajstić information content (AvgIpc) is 2.99. The van der Waals surface area contributed by atoms with Crippen molar-refractivity contribution in [1.29, 1.82) is 0 Å². The Morgan fingerprint density at radius 1 is 0.905 bits per heavy atom. The van der Waals surface area contributed by atoms with Crippen molar-refractivity contribution < 1.29 is 24.4 Å². The molecule has 2 aromatic rings. The molecule has 1 aliphatic heterocycles. The van der Waals surface area contributed by atoms with Gasteiger partial charge in [-0.2, -0.15) is 0 Å². The molecular weight excluding hydrogens is 272 g/mol. The third-order valence-corrected chi connectivity index (χ3v) is 3.33. The van der Waals surface area contributed by atoms with Crippen LogP contribution in [0.15, 0.2) is 36.4 Å². The maximum Gasteiger partial charge on any atom is 0.231 e. The summed E-state index contributed by atoms with van der Waals surface area (Å²) in [4.78, 5) is 0. The third-order valence-electron chi connectivity index (χ3n) is 3.33. The van der Waals surface area contributed by atoms with Crippen LogP contribution in [0.25, 0.3) is 0 Å². The molecule has 21 heavy (non-hydrogen) atoms. The molecule has 5 nitrogen and oxygen atoms in total. The first-order valence-electron chi connectivity index (χ1n) is 6.65. The van der Waals surface area contributed by atoms with Crippen molar-refractivity contribution in [3.8, 4) is 17.2 Å². The van der Waals surface area contributed by atoms with E-state index in [1.165, 1.54) is 0 Å². The molecule has 0 bridgehead atoms. The van der Waals surface area contributed by atoms with Crippen LogP contribution in [0.2, 0.25) is 0 Å². The molecule has 0 radical (unpaired) electrons. The number of ether oxygens (including phenoxy) is 3. The summed E-state index contributed by atoms with van der Waals surface area (Å²) in [6, 6.07) is 11.0. The normalized spacial score (nSPS) is 12.5. The van der Waals surface area contributed by atoms with E-state index in [2.05, 4.69) is 0 Å². The van der Waals surface area contributed by atoms with E-state index in [1.54, 1.807) is 12.1 Å². The summed E-state index contributed by atoms with van der Waals surface area (Å²) in [6.07, 6.45) is 0. The average molecular weight is 288 g/mol. The molecule has 0 aliphatic carbocycles. The second-order valence-corrected chi connectivity index (χ2v) is 4.73. The number of fused-ring (bicyclic) bond motifs is 1. The zero-order valence-electron chi connectivity index (χ0n) is 11.4. The second-order valence-electron chi connectivity index (χ2n) is 4.73. The largest absolute Gasteiger partial charge is 0.488 e. The highest BCUT2D eigenvalue weighted by molar-refractivity contribution is 5.51. The summed E-state index contributed by atoms with van der Waals surface area (Å²) in [5.41, 5.74) is 2.50. The van der Waals surface area contributed by atoms with Gasteiger partial charge in [-0.1, -0.05) is 24.3 Å². The van der Waals surface area contributed by atoms with Crippen LogP contribution in [-0.4, -0.2) is 17.0 Å². The first-order chi connectivity index (χ1) is 10.3. The van der Waals surface area contributed by atoms with Gasteiger partial charge in [0.1, 0.15) is 12.4 Å². The Morgan fingerprint density at radius 2 is 1.57 bits per heavy atom. The van der Waals surface area contributed by atoms with Gasteiger partial charge in [-0.25, -0.2) is 0 Å². The van der Waals surface area contributed by atoms with Crippen LogP contribution in [0.1, 0.15) is 16.7 Å². The zero-order valence-corrected chi connectivity index (χ0v) is 11.4. The van der Waals surface area contributed by atoms with E-state index in [9.17, 15) is 5.11 Å². The van der Waals surface area contributed by atoms with Gasteiger partial charge in [0.15, 0.2) is 11.5 Å². The highest BCUT2D eigenvalue weighted by Crippen LogP contribution is 2.38. The van der Waals surface area contributed by atoms with Crippen LogP contribution in [0, 0.1) is 0 Å². The molecule has 1 heterocycles. The number of hydrogen-bond donors (Lipinski definition) is 2. The van der Waals surface area contributed by atoms with Gasteiger partial charge in [0.2, 0.25) is 6.79 Å². The number of benzene rings is 2. The van der Waals surface area contributed by atoms with Crippen molar-refractivity contribution in [3.63, 3.8) is 0 Å². The molecule has 0 amide bonds. The molecule has 1 aliphatic rings. The Bertz CT molecular complexity index is 621. The Labute approximate surface area is 122 Å². The standard InChI is InChI=1S/C16H16O5/c17-7-11-1-3-12(4-2-11)9-19-14-6-16-15(20-10-21-16)5-13(14)8-18/h1-6,17-18H,7-10H2. The van der Waals surface area contributed by atoms with E-state index in [-0.39, 0.29) is 20.0 Å². The highest BCUT2D eigenvalue weighted by Gasteiger charge is 2.17. The van der Waals surface area contributed by atoms with Gasteiger partial charge in [0.05, 0.1) is 13.2 Å². The van der Waals surface area contributed by atoms with Crippen LogP contribution in [0.4, 0.5) is 0 Å². The molecule has 2 N–H and O–H groups in total. The molecule has 0 saturated carbocycles. The lowest BCUT2D eigenvalue weighted by Gasteiger charge is -2.11. The van der Waals surface area contributed by atoms with Crippen molar-refractivity contribution in [1.82, 2.24) is 0 Å². The summed E-state index contributed by atoms with van der Waals surface area (Å²) < 4.78 is 16.3. The molecule has 0 saturated heterocycles. The van der Waals surface area contributed by atoms with E-state index in [1.807, 2.05) is 24.3 Å². The minimum absolute atomic E-state index is 0.0258. The van der Waals surface area contributed by atoms with E-state index in [0.29, 0.717) is 29.4 Å². The lowest BCUT2D eigenvalue weighted by molar-refractivity contribution is 0.173. The number of aliphatic hydroxyl groups excluding tert-OH is 2. The molecule has 0 fully saturated rings. The van der Waals surface area contributed by atoms with Gasteiger partial charge < -0.3 is 24.4 Å². The summed E-state index contributed by atoms with van der Waals surface area (Å²) in [5, 5.41) is 18.4. The van der Waals surface area contributed by atoms with Gasteiger partial charge >= 0.3 is 0 Å². The highest BCUT2D eigenvalue weighted by atomic mass is 16.7. The predicted octanol–water partition coefficient (Wildman–Crippen LogP) is 1.98. The fourth-order valence-electron chi connectivity index (χ4n) is 2.13. The molecule has 3 rings (SSSR count). The van der Waals surface area contributed by atoms with E-state index < -0.39 is 0 Å². The van der Waals surface area contributed by atoms with Crippen LogP contribution in [0.3, 0.4) is 0 Å². The van der Waals surface area contributed by atoms with E-state index >= 15 is 0 Å². The smallest absolute Gasteiger partial charge is 0.231 e. The maximum atomic E-state index is 9.41. The van der Waals surface area contributed by atoms with Gasteiger partial charge in [0, 0.05) is 11.6 Å². The Hall–Kier alpha value is -2.24. The molecule has 0 aromatic heterocycles. The van der Waals surface area contributed by atoms with E-state index in [4.69, 9.17) is 19.3 Å². The molecule has 0 atom stereocenters. The molecule has 0 spiro atoms. The topological polar surface area (TPSA) is 68.2 Å².